The van der Waals surface area contributed by atoms with E-state index in [9.17, 15) is 18.0 Å². The van der Waals surface area contributed by atoms with Gasteiger partial charge in [-0.1, -0.05) is 17.7 Å². The highest BCUT2D eigenvalue weighted by molar-refractivity contribution is 6.29. The fourth-order valence-corrected chi connectivity index (χ4v) is 1.24. The average molecular weight is 294 g/mol. The molecule has 1 aromatic heterocycles. The third kappa shape index (κ3) is 5.17. The van der Waals surface area contributed by atoms with Gasteiger partial charge in [0.15, 0.2) is 0 Å². The van der Waals surface area contributed by atoms with Crippen molar-refractivity contribution in [2.45, 2.75) is 12.7 Å². The van der Waals surface area contributed by atoms with E-state index in [4.69, 9.17) is 11.6 Å². The number of allylic oxidation sites excluding steroid dienone is 1. The summed E-state index contributed by atoms with van der Waals surface area (Å²) in [4.78, 5) is 14.6. The van der Waals surface area contributed by atoms with Crippen LogP contribution in [0.4, 0.5) is 13.2 Å². The van der Waals surface area contributed by atoms with E-state index < -0.39 is 12.0 Å². The molecule has 0 bridgehead atoms. The molecule has 0 fully saturated rings. The van der Waals surface area contributed by atoms with Gasteiger partial charge in [-0.15, -0.1) is 0 Å². The van der Waals surface area contributed by atoms with E-state index in [0.717, 1.165) is 0 Å². The SMILES string of the molecule is CNC(=CC(=O)C(F)(F)F)NCc1ccc(Cl)nc1. The van der Waals surface area contributed by atoms with Crippen molar-refractivity contribution >= 4 is 17.4 Å². The number of nitrogens with one attached hydrogen (secondary N) is 2. The first-order chi connectivity index (χ1) is 8.82. The minimum absolute atomic E-state index is 0.0303. The molecule has 0 aliphatic heterocycles. The highest BCUT2D eigenvalue weighted by Gasteiger charge is 2.36. The van der Waals surface area contributed by atoms with Crippen molar-refractivity contribution in [3.63, 3.8) is 0 Å². The number of carbonyl (C=O) groups is 1. The minimum Gasteiger partial charge on any atom is -0.375 e. The fourth-order valence-electron chi connectivity index (χ4n) is 1.13. The van der Waals surface area contributed by atoms with Crippen molar-refractivity contribution in [3.8, 4) is 0 Å². The first-order valence-corrected chi connectivity index (χ1v) is 5.55. The van der Waals surface area contributed by atoms with Gasteiger partial charge in [-0.2, -0.15) is 13.2 Å². The summed E-state index contributed by atoms with van der Waals surface area (Å²) in [6.07, 6.45) is -2.94. The molecule has 0 aliphatic rings. The second-order valence-corrected chi connectivity index (χ2v) is 3.90. The fraction of sp³-hybridized carbons (Fsp3) is 0.273. The Balaban J connectivity index is 2.65. The first kappa shape index (κ1) is 15.3. The molecule has 104 valence electrons. The second kappa shape index (κ2) is 6.42. The van der Waals surface area contributed by atoms with E-state index in [0.29, 0.717) is 16.8 Å². The molecule has 0 unspecified atom stereocenters. The van der Waals surface area contributed by atoms with Crippen molar-refractivity contribution in [3.05, 3.63) is 40.9 Å². The molecule has 1 heterocycles. The molecule has 0 atom stereocenters. The standard InChI is InChI=1S/C11H11ClF3N3O/c1-16-10(4-8(19)11(13,14)15)18-6-7-2-3-9(12)17-5-7/h2-5,16,18H,6H2,1H3. The maximum atomic E-state index is 12.1. The molecule has 0 spiro atoms. The molecule has 0 aliphatic carbocycles. The van der Waals surface area contributed by atoms with Crippen molar-refractivity contribution in [2.24, 2.45) is 0 Å². The normalized spacial score (nSPS) is 12.2. The van der Waals surface area contributed by atoms with Gasteiger partial charge in [0.05, 0.1) is 0 Å². The number of nitrogens with zero attached hydrogens (tertiary/aromatic N) is 1. The maximum Gasteiger partial charge on any atom is 0.454 e. The summed E-state index contributed by atoms with van der Waals surface area (Å²) in [6, 6.07) is 3.23. The number of ketones is 1. The van der Waals surface area contributed by atoms with Gasteiger partial charge in [0.25, 0.3) is 5.78 Å². The largest absolute Gasteiger partial charge is 0.454 e. The van der Waals surface area contributed by atoms with E-state index >= 15 is 0 Å². The first-order valence-electron chi connectivity index (χ1n) is 5.18. The number of rotatable bonds is 5. The van der Waals surface area contributed by atoms with Gasteiger partial charge in [-0.3, -0.25) is 4.79 Å². The van der Waals surface area contributed by atoms with E-state index in [1.807, 2.05) is 0 Å². The van der Waals surface area contributed by atoms with Crippen LogP contribution in [0.25, 0.3) is 0 Å². The molecule has 0 radical (unpaired) electrons. The Kier molecular flexibility index (Phi) is 5.17. The molecule has 8 heteroatoms. The minimum atomic E-state index is -4.88. The molecule has 0 amide bonds. The molecule has 0 saturated carbocycles. The van der Waals surface area contributed by atoms with Gasteiger partial charge in [0, 0.05) is 25.9 Å². The zero-order valence-corrected chi connectivity index (χ0v) is 10.6. The van der Waals surface area contributed by atoms with E-state index in [1.54, 1.807) is 12.1 Å². The van der Waals surface area contributed by atoms with Crippen LogP contribution in [0.1, 0.15) is 5.56 Å². The maximum absolute atomic E-state index is 12.1. The average Bonchev–Trinajstić information content (AvgIpc) is 2.35. The lowest BCUT2D eigenvalue weighted by Crippen LogP contribution is -2.28. The molecule has 19 heavy (non-hydrogen) atoms. The Hall–Kier alpha value is -1.76. The summed E-state index contributed by atoms with van der Waals surface area (Å²) in [6.45, 7) is 0.210. The number of aromatic nitrogens is 1. The van der Waals surface area contributed by atoms with Crippen LogP contribution in [-0.2, 0) is 11.3 Å². The summed E-state index contributed by atoms with van der Waals surface area (Å²) in [7, 11) is 1.41. The summed E-state index contributed by atoms with van der Waals surface area (Å²) in [5.74, 6) is -1.96. The van der Waals surface area contributed by atoms with E-state index in [1.165, 1.54) is 13.2 Å². The lowest BCUT2D eigenvalue weighted by molar-refractivity contribution is -0.165. The van der Waals surface area contributed by atoms with Crippen LogP contribution in [-0.4, -0.2) is 24.0 Å². The van der Waals surface area contributed by atoms with Crippen molar-refractivity contribution < 1.29 is 18.0 Å². The smallest absolute Gasteiger partial charge is 0.375 e. The number of hydrogen-bond donors (Lipinski definition) is 2. The van der Waals surface area contributed by atoms with Crippen LogP contribution < -0.4 is 10.6 Å². The Bertz CT molecular complexity index is 471. The Morgan fingerprint density at radius 2 is 2.16 bits per heavy atom. The summed E-state index contributed by atoms with van der Waals surface area (Å²) in [5.41, 5.74) is 0.713. The van der Waals surface area contributed by atoms with Crippen molar-refractivity contribution in [1.29, 1.82) is 0 Å². The number of hydrogen-bond acceptors (Lipinski definition) is 4. The number of pyridine rings is 1. The Labute approximate surface area is 112 Å². The second-order valence-electron chi connectivity index (χ2n) is 3.51. The van der Waals surface area contributed by atoms with Crippen LogP contribution in [0.5, 0.6) is 0 Å². The third-order valence-corrected chi connectivity index (χ3v) is 2.32. The zero-order chi connectivity index (χ0) is 14.5. The summed E-state index contributed by atoms with van der Waals surface area (Å²) < 4.78 is 36.2. The number of halogens is 4. The molecular formula is C11H11ClF3N3O. The Morgan fingerprint density at radius 1 is 1.47 bits per heavy atom. The lowest BCUT2D eigenvalue weighted by Gasteiger charge is -2.11. The van der Waals surface area contributed by atoms with Crippen molar-refractivity contribution in [1.82, 2.24) is 15.6 Å². The van der Waals surface area contributed by atoms with Gasteiger partial charge in [-0.25, -0.2) is 4.98 Å². The van der Waals surface area contributed by atoms with Gasteiger partial charge in [0.2, 0.25) is 0 Å². The topological polar surface area (TPSA) is 54.0 Å². The molecule has 4 nitrogen and oxygen atoms in total. The summed E-state index contributed by atoms with van der Waals surface area (Å²) in [5, 5.41) is 5.44. The monoisotopic (exact) mass is 293 g/mol. The predicted molar refractivity (Wildman–Crippen MR) is 64.3 cm³/mol. The summed E-state index contributed by atoms with van der Waals surface area (Å²) >= 11 is 5.60. The molecule has 0 saturated heterocycles. The highest BCUT2D eigenvalue weighted by atomic mass is 35.5. The Morgan fingerprint density at radius 3 is 2.63 bits per heavy atom. The van der Waals surface area contributed by atoms with Crippen LogP contribution in [0.15, 0.2) is 30.2 Å². The molecule has 0 aromatic carbocycles. The van der Waals surface area contributed by atoms with Gasteiger partial charge in [0.1, 0.15) is 11.0 Å². The van der Waals surface area contributed by atoms with Gasteiger partial charge in [-0.05, 0) is 11.6 Å². The molecular weight excluding hydrogens is 283 g/mol. The molecule has 1 aromatic rings. The molecule has 1 rings (SSSR count). The third-order valence-electron chi connectivity index (χ3n) is 2.10. The zero-order valence-electron chi connectivity index (χ0n) is 9.88. The predicted octanol–water partition coefficient (Wildman–Crippen LogP) is 2.02. The van der Waals surface area contributed by atoms with Crippen LogP contribution >= 0.6 is 11.6 Å². The van der Waals surface area contributed by atoms with E-state index in [-0.39, 0.29) is 12.4 Å². The number of carbonyl (C=O) groups excluding carboxylic acids is 1. The quantitative estimate of drug-likeness (QED) is 0.644. The van der Waals surface area contributed by atoms with E-state index in [2.05, 4.69) is 15.6 Å². The van der Waals surface area contributed by atoms with Crippen molar-refractivity contribution in [2.75, 3.05) is 7.05 Å². The van der Waals surface area contributed by atoms with Gasteiger partial charge >= 0.3 is 6.18 Å². The highest BCUT2D eigenvalue weighted by Crippen LogP contribution is 2.16. The van der Waals surface area contributed by atoms with Gasteiger partial charge < -0.3 is 10.6 Å². The lowest BCUT2D eigenvalue weighted by atomic mass is 10.3. The van der Waals surface area contributed by atoms with Crippen LogP contribution in [0.3, 0.4) is 0 Å². The van der Waals surface area contributed by atoms with Crippen LogP contribution in [0.2, 0.25) is 5.15 Å². The number of alkyl halides is 3. The van der Waals surface area contributed by atoms with Crippen LogP contribution in [0, 0.1) is 0 Å². The molecule has 2 N–H and O–H groups in total.